The first-order chi connectivity index (χ1) is 59.4. The number of esters is 1. The van der Waals surface area contributed by atoms with Gasteiger partial charge in [-0.15, -0.1) is 0 Å². The van der Waals surface area contributed by atoms with Gasteiger partial charge in [0.1, 0.15) is 29.2 Å². The van der Waals surface area contributed by atoms with E-state index in [0.29, 0.717) is 25.7 Å². The molecule has 13 N–H and O–H groups in total. The fourth-order valence-corrected chi connectivity index (χ4v) is 17.9. The molecule has 0 aromatic carbocycles. The van der Waals surface area contributed by atoms with Crippen LogP contribution in [-0.4, -0.2) is 218 Å². The standard InChI is InChI=1S/C24H41N3O6.C24H43NO6.C24H41NO5.C24H40O6.C5H10/c1-8-14(2)17(26-27-25)12-19-24(7,33-19)11-9-10-15(3)21(31)16(4)22(32)23(5,6)18(28)13-20(29)30;1-8-14(2)17(25)12-19-24(7,31-19)11-9-10-15(3)21(29)16(4)22(30)23(5,6)18(26)13-20(27)28;1-8-14(2)17-12-19-24(7,30-19)11-9-10-15(3)21(28)16(4)22(29)23(5,6)18(26)13-20(27)25-17;1-8-14(2)17-12-19-24(7,30-19)11-9-10-15(3)21(27)16(4)22(28)23(5,6)18(25)13-20(26)29-17;1-3-5-4-2/h8,15-19,21,28,31H,9-13H2,1-7H3,(H,29,30);8,15-19,21,26,29H,9-13,25H2,1-7H3,(H,27,28);8,15-19,21,26,28H,9-13H2,1-7H3,(H,25,27);8,15-19,21,25,27H,9-13H2,1-7H3;3,5H,4H2,1-2H3/b4*14-8+;5-3-. The summed E-state index contributed by atoms with van der Waals surface area (Å²) in [7, 11) is 0. The highest BCUT2D eigenvalue weighted by Gasteiger charge is 2.57. The van der Waals surface area contributed by atoms with E-state index in [1.165, 1.54) is 27.7 Å². The number of ether oxygens (including phenoxy) is 5. The van der Waals surface area contributed by atoms with E-state index in [1.807, 2.05) is 121 Å². The number of hydrogen-bond donors (Lipinski definition) is 12. The molecule has 129 heavy (non-hydrogen) atoms. The smallest absolute Gasteiger partial charge is 0.309 e. The Bertz CT molecular complexity index is 3710. The Morgan fingerprint density at radius 1 is 0.589 bits per heavy atom. The van der Waals surface area contributed by atoms with Gasteiger partial charge in [-0.05, 0) is 195 Å². The maximum Gasteiger partial charge on any atom is 0.309 e. The summed E-state index contributed by atoms with van der Waals surface area (Å²) in [4.78, 5) is 102. The molecule has 0 aromatic rings. The number of ketones is 4. The van der Waals surface area contributed by atoms with Crippen LogP contribution in [0.5, 0.6) is 0 Å². The van der Waals surface area contributed by atoms with Crippen LogP contribution >= 0.6 is 0 Å². The second-order valence-corrected chi connectivity index (χ2v) is 41.8. The molecule has 28 nitrogen and oxygen atoms in total. The van der Waals surface area contributed by atoms with Gasteiger partial charge in [-0.25, -0.2) is 0 Å². The molecule has 0 bridgehead atoms. The lowest BCUT2D eigenvalue weighted by Crippen LogP contribution is -2.47. The van der Waals surface area contributed by atoms with Gasteiger partial charge in [0, 0.05) is 47.5 Å². The van der Waals surface area contributed by atoms with Crippen LogP contribution in [0.3, 0.4) is 0 Å². The largest absolute Gasteiger partial charge is 0.481 e. The average Bonchev–Trinajstić information content (AvgIpc) is 1.61. The lowest BCUT2D eigenvalue weighted by Gasteiger charge is -2.34. The minimum atomic E-state index is -1.32. The molecule has 0 saturated carbocycles. The first-order valence-electron chi connectivity index (χ1n) is 47.6. The van der Waals surface area contributed by atoms with E-state index in [4.69, 9.17) is 45.2 Å². The minimum Gasteiger partial charge on any atom is -0.481 e. The van der Waals surface area contributed by atoms with E-state index in [9.17, 15) is 79.2 Å². The van der Waals surface area contributed by atoms with Crippen LogP contribution in [0.1, 0.15) is 343 Å². The summed E-state index contributed by atoms with van der Waals surface area (Å²) in [5, 5.41) is 109. The van der Waals surface area contributed by atoms with Gasteiger partial charge in [-0.3, -0.25) is 38.4 Å². The number of azide groups is 1. The fraction of sp³-hybridized carbons (Fsp3) is 0.822. The number of carboxylic acids is 2. The number of epoxide rings is 4. The molecule has 6 rings (SSSR count). The highest BCUT2D eigenvalue weighted by Crippen LogP contribution is 2.49. The average molecular weight is 1830 g/mol. The van der Waals surface area contributed by atoms with Crippen LogP contribution in [-0.2, 0) is 62.0 Å². The number of nitrogens with one attached hydrogen (secondary N) is 1. The first kappa shape index (κ1) is 119. The zero-order valence-corrected chi connectivity index (χ0v) is 84.4. The summed E-state index contributed by atoms with van der Waals surface area (Å²) in [6.45, 7) is 55.1. The number of hydrogen-bond acceptors (Lipinski definition) is 23. The Labute approximate surface area is 773 Å². The van der Waals surface area contributed by atoms with E-state index < -0.39 is 131 Å². The molecule has 0 radical (unpaired) electrons. The summed E-state index contributed by atoms with van der Waals surface area (Å²) in [6.07, 6.45) is 15.9. The van der Waals surface area contributed by atoms with E-state index in [-0.39, 0.29) is 130 Å². The number of aliphatic carboxylic acids is 2. The molecular weight excluding hydrogens is 1650 g/mol. The summed E-state index contributed by atoms with van der Waals surface area (Å²) in [5.41, 5.74) is 13.4. The zero-order valence-electron chi connectivity index (χ0n) is 84.4. The second kappa shape index (κ2) is 52.2. The molecule has 28 unspecified atom stereocenters. The molecule has 6 fully saturated rings. The molecule has 742 valence electrons. The lowest BCUT2D eigenvalue weighted by atomic mass is 9.72. The Balaban J connectivity index is 0.000000571. The van der Waals surface area contributed by atoms with Crippen molar-refractivity contribution in [1.29, 1.82) is 0 Å². The monoisotopic (exact) mass is 1830 g/mol. The van der Waals surface area contributed by atoms with Crippen LogP contribution in [0.25, 0.3) is 10.4 Å². The van der Waals surface area contributed by atoms with Crippen molar-refractivity contribution in [2.45, 2.75) is 462 Å². The highest BCUT2D eigenvalue weighted by molar-refractivity contribution is 5.90. The Morgan fingerprint density at radius 3 is 1.35 bits per heavy atom. The minimum absolute atomic E-state index is 0.00395. The Morgan fingerprint density at radius 2 is 0.984 bits per heavy atom. The van der Waals surface area contributed by atoms with Crippen molar-refractivity contribution in [3.05, 3.63) is 69.2 Å². The van der Waals surface area contributed by atoms with Gasteiger partial charge in [0.2, 0.25) is 5.91 Å². The van der Waals surface area contributed by atoms with Gasteiger partial charge in [0.15, 0.2) is 0 Å². The predicted molar refractivity (Wildman–Crippen MR) is 503 cm³/mol. The van der Waals surface area contributed by atoms with E-state index in [2.05, 4.69) is 55.2 Å². The van der Waals surface area contributed by atoms with Crippen molar-refractivity contribution in [2.75, 3.05) is 0 Å². The normalized spacial score (nSPS) is 32.7. The van der Waals surface area contributed by atoms with Gasteiger partial charge in [-0.2, -0.15) is 0 Å². The topological polar surface area (TPSA) is 485 Å². The molecular formula is C101H175N5O23. The van der Waals surface area contributed by atoms with Gasteiger partial charge >= 0.3 is 17.9 Å². The molecule has 28 atom stereocenters. The summed E-state index contributed by atoms with van der Waals surface area (Å²) in [5.74, 6) is -7.32. The van der Waals surface area contributed by atoms with Crippen molar-refractivity contribution in [3.63, 3.8) is 0 Å². The number of fused-ring (bicyclic) bond motifs is 2. The van der Waals surface area contributed by atoms with Gasteiger partial charge in [0.25, 0.3) is 0 Å². The molecule has 0 aliphatic carbocycles. The number of carboxylic acid groups (broad SMARTS) is 2. The third-order valence-corrected chi connectivity index (χ3v) is 29.9. The molecule has 0 spiro atoms. The Hall–Kier alpha value is -5.95. The van der Waals surface area contributed by atoms with Gasteiger partial charge < -0.3 is 85.8 Å². The summed E-state index contributed by atoms with van der Waals surface area (Å²) in [6, 6.07) is -0.378. The highest BCUT2D eigenvalue weighted by atomic mass is 16.6. The number of nitrogens with two attached hydrogens (primary N) is 1. The number of nitrogens with zero attached hydrogens (tertiary/aromatic N) is 3. The molecule has 28 heteroatoms. The van der Waals surface area contributed by atoms with Crippen molar-refractivity contribution >= 4 is 46.9 Å². The number of cyclic esters (lactones) is 1. The zero-order chi connectivity index (χ0) is 99.5. The van der Waals surface area contributed by atoms with Crippen molar-refractivity contribution in [3.8, 4) is 0 Å². The molecule has 6 saturated heterocycles. The lowest BCUT2D eigenvalue weighted by molar-refractivity contribution is -0.155. The number of carbonyl (C=O) groups excluding carboxylic acids is 6. The number of aliphatic hydroxyl groups is 8. The van der Waals surface area contributed by atoms with Crippen molar-refractivity contribution < 1.29 is 113 Å². The van der Waals surface area contributed by atoms with E-state index >= 15 is 0 Å². The van der Waals surface area contributed by atoms with Gasteiger partial charge in [0.05, 0.1) is 155 Å². The summed E-state index contributed by atoms with van der Waals surface area (Å²) >= 11 is 0. The van der Waals surface area contributed by atoms with Crippen LogP contribution in [0.2, 0.25) is 0 Å². The van der Waals surface area contributed by atoms with Crippen molar-refractivity contribution in [2.24, 2.45) is 79.9 Å². The van der Waals surface area contributed by atoms with Crippen LogP contribution in [0.15, 0.2) is 63.9 Å². The number of amides is 1. The number of aliphatic hydroxyl groups excluding tert-OH is 8. The number of rotatable bonds is 32. The van der Waals surface area contributed by atoms with Crippen LogP contribution in [0, 0.1) is 69.0 Å². The number of allylic oxidation sites excluding steroid dienone is 6. The quantitative estimate of drug-likeness (QED) is 0.00743. The third-order valence-electron chi connectivity index (χ3n) is 29.9. The third kappa shape index (κ3) is 35.4. The number of Topliss-reactive ketones (excluding diaryl/α,β-unsaturated/α-hetero) is 4. The van der Waals surface area contributed by atoms with Crippen molar-refractivity contribution in [1.82, 2.24) is 5.32 Å². The van der Waals surface area contributed by atoms with Gasteiger partial charge in [-0.1, -0.05) is 202 Å². The molecule has 0 aromatic heterocycles. The van der Waals surface area contributed by atoms with E-state index in [0.717, 1.165) is 106 Å². The van der Waals surface area contributed by atoms with Crippen LogP contribution < -0.4 is 11.1 Å². The second-order valence-electron chi connectivity index (χ2n) is 41.8. The number of carbonyl (C=O) groups is 8. The molecule has 6 aliphatic rings. The first-order valence-corrected chi connectivity index (χ1v) is 47.6. The molecule has 6 heterocycles. The molecule has 6 aliphatic heterocycles. The SMILES string of the molecule is C/C=C(\C)C(CC1OC1(C)CCCC(C)C(O)C(C)C(=O)C(C)(C)C(O)CC(=O)O)N=[N+]=[N-].C/C=C(\C)C(N)CC1OC1(C)CCCC(C)C(O)C(C)C(=O)C(C)(C)C(O)CC(=O)O.C/C=C(\C)C1CC2OC2(C)CCCC(C)C(O)C(C)C(=O)C(C)(C)C(O)CC(=O)N1.C/C=C(\C)C1CC2OC2(C)CCCC(C)C(O)C(C)C(=O)C(C)(C)C(O)CC(=O)O1.C/C=C\CC. The van der Waals surface area contributed by atoms with E-state index in [1.54, 1.807) is 55.4 Å². The predicted octanol–water partition coefficient (Wildman–Crippen LogP) is 16.2. The maximum atomic E-state index is 13.1. The fourth-order valence-electron chi connectivity index (χ4n) is 17.9. The summed E-state index contributed by atoms with van der Waals surface area (Å²) < 4.78 is 29.5. The van der Waals surface area contributed by atoms with Crippen LogP contribution in [0.4, 0.5) is 0 Å². The maximum absolute atomic E-state index is 13.1. The Kier molecular flexibility index (Phi) is 48.2. The molecule has 1 amide bonds.